The van der Waals surface area contributed by atoms with Crippen LogP contribution in [0.1, 0.15) is 26.3 Å². The van der Waals surface area contributed by atoms with Gasteiger partial charge < -0.3 is 19.5 Å². The normalized spacial score (nSPS) is 10.2. The summed E-state index contributed by atoms with van der Waals surface area (Å²) in [6, 6.07) is 18.6. The molecular formula is C23H20ClNO5. The summed E-state index contributed by atoms with van der Waals surface area (Å²) in [6.07, 6.45) is 0. The Hall–Kier alpha value is -3.51. The van der Waals surface area contributed by atoms with Crippen molar-refractivity contribution in [3.8, 4) is 11.5 Å². The van der Waals surface area contributed by atoms with Crippen molar-refractivity contribution in [3.05, 3.63) is 88.4 Å². The molecule has 0 aliphatic heterocycles. The molecule has 0 atom stereocenters. The summed E-state index contributed by atoms with van der Waals surface area (Å²) in [5.74, 6) is 0.537. The van der Waals surface area contributed by atoms with E-state index in [-0.39, 0.29) is 12.5 Å². The number of anilines is 1. The van der Waals surface area contributed by atoms with E-state index in [2.05, 4.69) is 10.1 Å². The van der Waals surface area contributed by atoms with Gasteiger partial charge in [-0.25, -0.2) is 4.79 Å². The molecule has 0 spiro atoms. The van der Waals surface area contributed by atoms with Crippen molar-refractivity contribution >= 4 is 29.2 Å². The third-order valence-corrected chi connectivity index (χ3v) is 4.57. The lowest BCUT2D eigenvalue weighted by Gasteiger charge is -2.13. The number of amides is 1. The molecule has 3 rings (SSSR count). The first-order valence-electron chi connectivity index (χ1n) is 9.05. The molecule has 0 saturated carbocycles. The van der Waals surface area contributed by atoms with Gasteiger partial charge in [-0.2, -0.15) is 0 Å². The minimum Gasteiger partial charge on any atom is -0.496 e. The minimum absolute atomic E-state index is 0.222. The van der Waals surface area contributed by atoms with Crippen molar-refractivity contribution in [2.75, 3.05) is 19.5 Å². The smallest absolute Gasteiger partial charge is 0.337 e. The Balaban J connectivity index is 1.72. The largest absolute Gasteiger partial charge is 0.496 e. The van der Waals surface area contributed by atoms with Gasteiger partial charge in [0.1, 0.15) is 18.1 Å². The number of halogens is 1. The van der Waals surface area contributed by atoms with Gasteiger partial charge in [-0.05, 0) is 66.7 Å². The molecular weight excluding hydrogens is 406 g/mol. The lowest BCUT2D eigenvalue weighted by Crippen LogP contribution is -2.13. The lowest BCUT2D eigenvalue weighted by atomic mass is 10.1. The first-order chi connectivity index (χ1) is 14.5. The standard InChI is InChI=1S/C23H20ClNO5/c1-28-21-12-5-16(13-17(21)14-30-20-10-6-18(24)7-11-20)22(26)25-19-8-3-15(4-9-19)23(27)29-2/h3-13H,14H2,1-2H3,(H,25,26). The quantitative estimate of drug-likeness (QED) is 0.541. The summed E-state index contributed by atoms with van der Waals surface area (Å²) in [6.45, 7) is 0.222. The summed E-state index contributed by atoms with van der Waals surface area (Å²) in [5, 5.41) is 3.42. The van der Waals surface area contributed by atoms with Crippen molar-refractivity contribution < 1.29 is 23.8 Å². The molecule has 3 aromatic carbocycles. The second-order valence-electron chi connectivity index (χ2n) is 6.29. The topological polar surface area (TPSA) is 73.9 Å². The molecule has 154 valence electrons. The number of rotatable bonds is 7. The Morgan fingerprint density at radius 2 is 1.57 bits per heavy atom. The minimum atomic E-state index is -0.437. The van der Waals surface area contributed by atoms with Crippen LogP contribution in [0.5, 0.6) is 11.5 Å². The van der Waals surface area contributed by atoms with E-state index in [9.17, 15) is 9.59 Å². The molecule has 0 aliphatic rings. The van der Waals surface area contributed by atoms with Crippen LogP contribution in [0.4, 0.5) is 5.69 Å². The van der Waals surface area contributed by atoms with Crippen LogP contribution in [0, 0.1) is 0 Å². The molecule has 6 nitrogen and oxygen atoms in total. The fourth-order valence-corrected chi connectivity index (χ4v) is 2.86. The van der Waals surface area contributed by atoms with Gasteiger partial charge in [0.05, 0.1) is 19.8 Å². The van der Waals surface area contributed by atoms with Crippen LogP contribution in [-0.4, -0.2) is 26.1 Å². The number of nitrogens with one attached hydrogen (secondary N) is 1. The third kappa shape index (κ3) is 5.30. The number of benzene rings is 3. The maximum atomic E-state index is 12.7. The Kier molecular flexibility index (Phi) is 6.93. The van der Waals surface area contributed by atoms with Gasteiger partial charge in [0.2, 0.25) is 0 Å². The van der Waals surface area contributed by atoms with Gasteiger partial charge in [-0.15, -0.1) is 0 Å². The van der Waals surface area contributed by atoms with E-state index >= 15 is 0 Å². The number of carbonyl (C=O) groups excluding carboxylic acids is 2. The second kappa shape index (κ2) is 9.80. The van der Waals surface area contributed by atoms with Crippen LogP contribution in [0.15, 0.2) is 66.7 Å². The zero-order valence-electron chi connectivity index (χ0n) is 16.5. The molecule has 3 aromatic rings. The summed E-state index contributed by atoms with van der Waals surface area (Å²) in [7, 11) is 2.87. The van der Waals surface area contributed by atoms with Crippen molar-refractivity contribution in [3.63, 3.8) is 0 Å². The highest BCUT2D eigenvalue weighted by Gasteiger charge is 2.12. The Labute approximate surface area is 179 Å². The van der Waals surface area contributed by atoms with Crippen LogP contribution in [0.25, 0.3) is 0 Å². The molecule has 0 fully saturated rings. The van der Waals surface area contributed by atoms with Crippen LogP contribution < -0.4 is 14.8 Å². The highest BCUT2D eigenvalue weighted by Crippen LogP contribution is 2.24. The van der Waals surface area contributed by atoms with Gasteiger partial charge in [0.25, 0.3) is 5.91 Å². The van der Waals surface area contributed by atoms with E-state index in [1.165, 1.54) is 7.11 Å². The number of ether oxygens (including phenoxy) is 3. The molecule has 1 amide bonds. The van der Waals surface area contributed by atoms with Gasteiger partial charge in [0.15, 0.2) is 0 Å². The van der Waals surface area contributed by atoms with Crippen LogP contribution >= 0.6 is 11.6 Å². The molecule has 0 radical (unpaired) electrons. The average molecular weight is 426 g/mol. The second-order valence-corrected chi connectivity index (χ2v) is 6.73. The first kappa shape index (κ1) is 21.2. The number of carbonyl (C=O) groups is 2. The molecule has 0 aromatic heterocycles. The first-order valence-corrected chi connectivity index (χ1v) is 9.43. The SMILES string of the molecule is COC(=O)c1ccc(NC(=O)c2ccc(OC)c(COc3ccc(Cl)cc3)c2)cc1. The Morgan fingerprint density at radius 3 is 2.20 bits per heavy atom. The monoisotopic (exact) mass is 425 g/mol. The molecule has 7 heteroatoms. The predicted molar refractivity (Wildman–Crippen MR) is 115 cm³/mol. The number of methoxy groups -OCH3 is 2. The molecule has 0 saturated heterocycles. The van der Waals surface area contributed by atoms with E-state index in [1.54, 1.807) is 73.8 Å². The Morgan fingerprint density at radius 1 is 0.900 bits per heavy atom. The fourth-order valence-electron chi connectivity index (χ4n) is 2.74. The maximum absolute atomic E-state index is 12.7. The molecule has 0 bridgehead atoms. The number of hydrogen-bond acceptors (Lipinski definition) is 5. The summed E-state index contributed by atoms with van der Waals surface area (Å²) >= 11 is 5.89. The number of esters is 1. The zero-order valence-corrected chi connectivity index (χ0v) is 17.2. The van der Waals surface area contributed by atoms with E-state index in [0.717, 1.165) is 5.56 Å². The van der Waals surface area contributed by atoms with E-state index in [4.69, 9.17) is 21.1 Å². The highest BCUT2D eigenvalue weighted by molar-refractivity contribution is 6.30. The van der Waals surface area contributed by atoms with Crippen LogP contribution in [0.2, 0.25) is 5.02 Å². The van der Waals surface area contributed by atoms with Crippen LogP contribution in [-0.2, 0) is 11.3 Å². The maximum Gasteiger partial charge on any atom is 0.337 e. The molecule has 0 unspecified atom stereocenters. The van der Waals surface area contributed by atoms with Crippen molar-refractivity contribution in [2.24, 2.45) is 0 Å². The van der Waals surface area contributed by atoms with Gasteiger partial charge in [-0.3, -0.25) is 4.79 Å². The molecule has 30 heavy (non-hydrogen) atoms. The molecule has 1 N–H and O–H groups in total. The Bertz CT molecular complexity index is 1030. The van der Waals surface area contributed by atoms with E-state index in [0.29, 0.717) is 33.3 Å². The lowest BCUT2D eigenvalue weighted by molar-refractivity contribution is 0.0600. The number of hydrogen-bond donors (Lipinski definition) is 1. The molecule has 0 aliphatic carbocycles. The summed E-state index contributed by atoms with van der Waals surface area (Å²) in [4.78, 5) is 24.2. The van der Waals surface area contributed by atoms with Gasteiger partial charge in [0, 0.05) is 21.8 Å². The van der Waals surface area contributed by atoms with Crippen molar-refractivity contribution in [2.45, 2.75) is 6.61 Å². The van der Waals surface area contributed by atoms with Crippen molar-refractivity contribution in [1.29, 1.82) is 0 Å². The zero-order chi connectivity index (χ0) is 21.5. The van der Waals surface area contributed by atoms with Crippen LogP contribution in [0.3, 0.4) is 0 Å². The predicted octanol–water partition coefficient (Wildman–Crippen LogP) is 4.97. The van der Waals surface area contributed by atoms with E-state index in [1.807, 2.05) is 0 Å². The van der Waals surface area contributed by atoms with Crippen molar-refractivity contribution in [1.82, 2.24) is 0 Å². The average Bonchev–Trinajstić information content (AvgIpc) is 2.78. The van der Waals surface area contributed by atoms with E-state index < -0.39 is 5.97 Å². The molecule has 0 heterocycles. The fraction of sp³-hybridized carbons (Fsp3) is 0.130. The third-order valence-electron chi connectivity index (χ3n) is 4.31. The highest BCUT2D eigenvalue weighted by atomic mass is 35.5. The van der Waals surface area contributed by atoms with Gasteiger partial charge in [-0.1, -0.05) is 11.6 Å². The summed E-state index contributed by atoms with van der Waals surface area (Å²) < 4.78 is 15.8. The van der Waals surface area contributed by atoms with Gasteiger partial charge >= 0.3 is 5.97 Å². The summed E-state index contributed by atoms with van der Waals surface area (Å²) in [5.41, 5.74) is 2.13.